The van der Waals surface area contributed by atoms with E-state index in [1.54, 1.807) is 0 Å². The van der Waals surface area contributed by atoms with E-state index >= 15 is 0 Å². The molecule has 0 bridgehead atoms. The average Bonchev–Trinajstić information content (AvgIpc) is 3.53. The summed E-state index contributed by atoms with van der Waals surface area (Å²) in [5, 5.41) is 3.66. The maximum atomic E-state index is 6.04. The Morgan fingerprint density at radius 2 is 1.37 bits per heavy atom. The molecule has 0 saturated heterocycles. The summed E-state index contributed by atoms with van der Waals surface area (Å²) < 4.78 is 6.04. The molecule has 0 N–H and O–H groups in total. The molecule has 3 aromatic heterocycles. The van der Waals surface area contributed by atoms with Gasteiger partial charge in [0, 0.05) is 37.9 Å². The first-order chi connectivity index (χ1) is 24.7. The van der Waals surface area contributed by atoms with Crippen LogP contribution in [0.3, 0.4) is 0 Å². The van der Waals surface area contributed by atoms with E-state index in [0.717, 1.165) is 50.9 Å². The van der Waals surface area contributed by atoms with Crippen LogP contribution in [-0.4, -0.2) is 18.0 Å². The Balaban J connectivity index is 0.000000179. The molecule has 8 rings (SSSR count). The zero-order chi connectivity index (χ0) is 35.4. The van der Waals surface area contributed by atoms with Crippen molar-refractivity contribution in [1.82, 2.24) is 9.97 Å². The largest absolute Gasteiger partial charge is 0.500 e. The molecule has 5 aromatic carbocycles. The van der Waals surface area contributed by atoms with Gasteiger partial charge in [-0.25, -0.2) is 0 Å². The number of fused-ring (bicyclic) bond motifs is 3. The van der Waals surface area contributed by atoms with E-state index in [2.05, 4.69) is 160 Å². The number of rotatable bonds is 7. The molecule has 8 aromatic rings. The fraction of sp³-hybridized carbons (Fsp3) is 0.149. The van der Waals surface area contributed by atoms with Crippen molar-refractivity contribution in [2.45, 2.75) is 45.8 Å². The summed E-state index contributed by atoms with van der Waals surface area (Å²) in [5.41, 5.74) is 12.2. The van der Waals surface area contributed by atoms with Crippen LogP contribution in [0.25, 0.3) is 55.6 Å². The second-order valence-electron chi connectivity index (χ2n) is 14.3. The van der Waals surface area contributed by atoms with Crippen LogP contribution in [-0.2, 0) is 26.5 Å². The number of furan rings is 1. The minimum Gasteiger partial charge on any atom is -0.500 e. The third-order valence-electron chi connectivity index (χ3n) is 9.26. The van der Waals surface area contributed by atoms with Gasteiger partial charge in [-0.2, -0.15) is 0 Å². The van der Waals surface area contributed by atoms with Crippen molar-refractivity contribution in [3.8, 4) is 33.6 Å². The molecule has 0 fully saturated rings. The second kappa shape index (κ2) is 16.2. The second-order valence-corrected chi connectivity index (χ2v) is 19.4. The summed E-state index contributed by atoms with van der Waals surface area (Å²) in [6.07, 6.45) is 4.94. The first-order valence-corrected chi connectivity index (χ1v) is 21.1. The zero-order valence-corrected chi connectivity index (χ0v) is 33.7. The molecule has 0 aliphatic carbocycles. The Hall–Kier alpha value is -4.93. The van der Waals surface area contributed by atoms with Gasteiger partial charge in [-0.15, -0.1) is 59.7 Å². The van der Waals surface area contributed by atoms with Crippen molar-refractivity contribution in [3.05, 3.63) is 175 Å². The molecular formula is C47H42IrN2OSi-2. The number of hydrogen-bond acceptors (Lipinski definition) is 3. The predicted octanol–water partition coefficient (Wildman–Crippen LogP) is 11.9. The van der Waals surface area contributed by atoms with E-state index < -0.39 is 8.07 Å². The predicted molar refractivity (Wildman–Crippen MR) is 216 cm³/mol. The van der Waals surface area contributed by atoms with Gasteiger partial charge in [0.2, 0.25) is 0 Å². The molecule has 3 heterocycles. The molecule has 3 nitrogen and oxygen atoms in total. The molecule has 0 aliphatic heterocycles. The number of nitrogens with zero attached hydrogens (tertiary/aromatic N) is 2. The maximum absolute atomic E-state index is 6.04. The van der Waals surface area contributed by atoms with Crippen molar-refractivity contribution in [2.75, 3.05) is 0 Å². The summed E-state index contributed by atoms with van der Waals surface area (Å²) in [5.74, 6) is 0.466. The molecule has 0 unspecified atom stereocenters. The molecule has 5 heteroatoms. The summed E-state index contributed by atoms with van der Waals surface area (Å²) >= 11 is 0. The summed E-state index contributed by atoms with van der Waals surface area (Å²) in [6.45, 7) is 11.5. The van der Waals surface area contributed by atoms with Gasteiger partial charge in [0.15, 0.2) is 0 Å². The Morgan fingerprint density at radius 1 is 0.654 bits per heavy atom. The van der Waals surface area contributed by atoms with Crippen LogP contribution >= 0.6 is 0 Å². The molecule has 0 saturated carbocycles. The fourth-order valence-electron chi connectivity index (χ4n) is 6.47. The van der Waals surface area contributed by atoms with Gasteiger partial charge in [-0.05, 0) is 63.8 Å². The third kappa shape index (κ3) is 8.40. The van der Waals surface area contributed by atoms with Gasteiger partial charge in [0.05, 0.1) is 13.7 Å². The van der Waals surface area contributed by atoms with Crippen LogP contribution < -0.4 is 5.19 Å². The minimum absolute atomic E-state index is 0. The number of aromatic nitrogens is 2. The minimum atomic E-state index is -1.43. The van der Waals surface area contributed by atoms with Crippen LogP contribution in [0.15, 0.2) is 150 Å². The molecule has 0 spiro atoms. The van der Waals surface area contributed by atoms with Crippen LogP contribution in [0.1, 0.15) is 36.5 Å². The quantitative estimate of drug-likeness (QED) is 0.118. The Kier molecular flexibility index (Phi) is 11.5. The first-order valence-electron chi connectivity index (χ1n) is 17.6. The van der Waals surface area contributed by atoms with Crippen LogP contribution in [0, 0.1) is 12.1 Å². The average molecular weight is 871 g/mol. The zero-order valence-electron chi connectivity index (χ0n) is 30.3. The molecule has 1 radical (unpaired) electrons. The summed E-state index contributed by atoms with van der Waals surface area (Å²) in [7, 11) is -1.43. The van der Waals surface area contributed by atoms with Gasteiger partial charge in [0.25, 0.3) is 0 Å². The van der Waals surface area contributed by atoms with E-state index in [-0.39, 0.29) is 20.1 Å². The monoisotopic (exact) mass is 871 g/mol. The Morgan fingerprint density at radius 3 is 2.08 bits per heavy atom. The number of hydrogen-bond donors (Lipinski definition) is 0. The Bertz CT molecular complexity index is 2400. The van der Waals surface area contributed by atoms with Crippen LogP contribution in [0.2, 0.25) is 19.6 Å². The standard InChI is InChI=1S/C26H20NO.C21H22NSi.Ir/c1-17(2)19-12-13-27-24(16-19)21-9-11-26-23(15-21)22-14-20(8-10-25(22)28-26)18-6-4-3-5-7-18;1-23(2,3)21-16-22-20(18-12-8-5-9-13-18)15-19(21)14-17-10-6-4-7-11-17;/h3-8,10-17H,1-2H3;4-12,15-16H,14H2,1-3H3;/q2*-1;. The van der Waals surface area contributed by atoms with Crippen LogP contribution in [0.5, 0.6) is 0 Å². The van der Waals surface area contributed by atoms with Crippen molar-refractivity contribution in [1.29, 1.82) is 0 Å². The third-order valence-corrected chi connectivity index (χ3v) is 11.3. The molecule has 261 valence electrons. The van der Waals surface area contributed by atoms with Crippen molar-refractivity contribution in [3.63, 3.8) is 0 Å². The van der Waals surface area contributed by atoms with Gasteiger partial charge < -0.3 is 14.4 Å². The van der Waals surface area contributed by atoms with Gasteiger partial charge >= 0.3 is 0 Å². The number of benzene rings is 5. The van der Waals surface area contributed by atoms with Crippen molar-refractivity contribution >= 4 is 35.2 Å². The smallest absolute Gasteiger partial charge is 0.121 e. The summed E-state index contributed by atoms with van der Waals surface area (Å²) in [6, 6.07) is 52.7. The molecule has 52 heavy (non-hydrogen) atoms. The van der Waals surface area contributed by atoms with Crippen LogP contribution in [0.4, 0.5) is 0 Å². The van der Waals surface area contributed by atoms with E-state index in [1.165, 1.54) is 33.0 Å². The van der Waals surface area contributed by atoms with E-state index in [0.29, 0.717) is 5.92 Å². The summed E-state index contributed by atoms with van der Waals surface area (Å²) in [4.78, 5) is 9.29. The van der Waals surface area contributed by atoms with Crippen molar-refractivity contribution < 1.29 is 24.5 Å². The SMILES string of the molecule is CC(C)c1ccnc(-c2[c-]cc3oc4ccc(-c5ccccc5)cc4c3c2)c1.C[Si](C)(C)c1cnc(-c2[c-]cccc2)cc1Cc1ccccc1.[Ir]. The normalized spacial score (nSPS) is 11.3. The molecule has 0 amide bonds. The topological polar surface area (TPSA) is 38.9 Å². The maximum Gasteiger partial charge on any atom is 0.121 e. The van der Waals surface area contributed by atoms with Crippen molar-refractivity contribution in [2.24, 2.45) is 0 Å². The molecule has 0 atom stereocenters. The molecule has 0 aliphatic rings. The van der Waals surface area contributed by atoms with E-state index in [4.69, 9.17) is 9.40 Å². The first kappa shape index (κ1) is 36.8. The van der Waals surface area contributed by atoms with Gasteiger partial charge in [0.1, 0.15) is 5.58 Å². The van der Waals surface area contributed by atoms with Gasteiger partial charge in [-0.3, -0.25) is 0 Å². The van der Waals surface area contributed by atoms with E-state index in [9.17, 15) is 0 Å². The van der Waals surface area contributed by atoms with E-state index in [1.807, 2.05) is 36.5 Å². The molecular weight excluding hydrogens is 829 g/mol. The van der Waals surface area contributed by atoms with Gasteiger partial charge in [-0.1, -0.05) is 129 Å². The number of pyridine rings is 2. The fourth-order valence-corrected chi connectivity index (χ4v) is 8.04. The Labute approximate surface area is 322 Å².